The number of benzene rings is 1. The summed E-state index contributed by atoms with van der Waals surface area (Å²) >= 11 is 0. The number of ether oxygens (including phenoxy) is 2. The van der Waals surface area contributed by atoms with Crippen molar-refractivity contribution in [2.75, 3.05) is 27.8 Å². The molecule has 0 aromatic heterocycles. The maximum absolute atomic E-state index is 12.3. The topological polar surface area (TPSA) is 79.9 Å². The first-order valence-electron chi connectivity index (χ1n) is 8.05. The van der Waals surface area contributed by atoms with Crippen molar-refractivity contribution in [3.63, 3.8) is 0 Å². The van der Waals surface area contributed by atoms with E-state index in [4.69, 9.17) is 9.47 Å². The summed E-state index contributed by atoms with van der Waals surface area (Å²) in [5.41, 5.74) is 0.913. The van der Waals surface area contributed by atoms with Crippen molar-refractivity contribution in [1.82, 2.24) is 15.5 Å². The average Bonchev–Trinajstić information content (AvgIpc) is 2.79. The Kier molecular flexibility index (Phi) is 6.28. The Labute approximate surface area is 142 Å². The average molecular weight is 335 g/mol. The lowest BCUT2D eigenvalue weighted by molar-refractivity contribution is -0.122. The molecule has 0 bridgehead atoms. The van der Waals surface area contributed by atoms with E-state index < -0.39 is 6.04 Å². The molecule has 0 saturated carbocycles. The van der Waals surface area contributed by atoms with Crippen LogP contribution in [0.15, 0.2) is 18.2 Å². The SMILES string of the molecule is COc1ccc(CN(C)C(=O)N[C@@H]2CCCCNC2=O)cc1OC. The van der Waals surface area contributed by atoms with Crippen LogP contribution in [0.25, 0.3) is 0 Å². The summed E-state index contributed by atoms with van der Waals surface area (Å²) in [5.74, 6) is 1.15. The molecule has 0 unspecified atom stereocenters. The van der Waals surface area contributed by atoms with Crippen molar-refractivity contribution in [3.8, 4) is 11.5 Å². The molecule has 1 aromatic rings. The van der Waals surface area contributed by atoms with Gasteiger partial charge in [-0.05, 0) is 37.0 Å². The Morgan fingerprint density at radius 2 is 2.04 bits per heavy atom. The summed E-state index contributed by atoms with van der Waals surface area (Å²) in [6, 6.07) is 4.78. The second kappa shape index (κ2) is 8.42. The fourth-order valence-electron chi connectivity index (χ4n) is 2.66. The molecule has 0 aliphatic carbocycles. The van der Waals surface area contributed by atoms with Crippen LogP contribution < -0.4 is 20.1 Å². The van der Waals surface area contributed by atoms with Crippen LogP contribution in [0, 0.1) is 0 Å². The van der Waals surface area contributed by atoms with Gasteiger partial charge in [0.2, 0.25) is 5.91 Å². The summed E-state index contributed by atoms with van der Waals surface area (Å²) in [5, 5.41) is 5.61. The maximum Gasteiger partial charge on any atom is 0.318 e. The first-order valence-corrected chi connectivity index (χ1v) is 8.05. The van der Waals surface area contributed by atoms with Gasteiger partial charge in [0.15, 0.2) is 11.5 Å². The van der Waals surface area contributed by atoms with E-state index in [2.05, 4.69) is 10.6 Å². The number of carbonyl (C=O) groups excluding carboxylic acids is 2. The first-order chi connectivity index (χ1) is 11.5. The quantitative estimate of drug-likeness (QED) is 0.855. The first kappa shape index (κ1) is 17.9. The van der Waals surface area contributed by atoms with Gasteiger partial charge in [-0.15, -0.1) is 0 Å². The summed E-state index contributed by atoms with van der Waals surface area (Å²) in [6.07, 6.45) is 2.53. The Hall–Kier alpha value is -2.44. The largest absolute Gasteiger partial charge is 0.493 e. The van der Waals surface area contributed by atoms with E-state index in [1.54, 1.807) is 32.2 Å². The molecular weight excluding hydrogens is 310 g/mol. The van der Waals surface area contributed by atoms with Crippen LogP contribution in [0.1, 0.15) is 24.8 Å². The van der Waals surface area contributed by atoms with Crippen molar-refractivity contribution in [3.05, 3.63) is 23.8 Å². The lowest BCUT2D eigenvalue weighted by Gasteiger charge is -2.22. The van der Waals surface area contributed by atoms with Gasteiger partial charge < -0.3 is 25.0 Å². The van der Waals surface area contributed by atoms with Gasteiger partial charge in [-0.2, -0.15) is 0 Å². The van der Waals surface area contributed by atoms with Gasteiger partial charge in [0.25, 0.3) is 0 Å². The van der Waals surface area contributed by atoms with Crippen molar-refractivity contribution < 1.29 is 19.1 Å². The van der Waals surface area contributed by atoms with Crippen molar-refractivity contribution in [2.24, 2.45) is 0 Å². The molecule has 132 valence electrons. The van der Waals surface area contributed by atoms with E-state index in [0.29, 0.717) is 31.0 Å². The molecule has 1 aromatic carbocycles. The van der Waals surface area contributed by atoms with Crippen LogP contribution in [0.2, 0.25) is 0 Å². The van der Waals surface area contributed by atoms with E-state index in [1.807, 2.05) is 12.1 Å². The number of hydrogen-bond acceptors (Lipinski definition) is 4. The molecule has 7 heteroatoms. The van der Waals surface area contributed by atoms with E-state index in [-0.39, 0.29) is 11.9 Å². The Morgan fingerprint density at radius 1 is 1.29 bits per heavy atom. The molecule has 7 nitrogen and oxygen atoms in total. The van der Waals surface area contributed by atoms with Crippen LogP contribution in [0.4, 0.5) is 4.79 Å². The summed E-state index contributed by atoms with van der Waals surface area (Å²) < 4.78 is 10.5. The van der Waals surface area contributed by atoms with E-state index in [9.17, 15) is 9.59 Å². The maximum atomic E-state index is 12.3. The van der Waals surface area contributed by atoms with Crippen molar-refractivity contribution >= 4 is 11.9 Å². The van der Waals surface area contributed by atoms with Crippen LogP contribution in [-0.4, -0.2) is 50.7 Å². The lowest BCUT2D eigenvalue weighted by atomic mass is 10.1. The van der Waals surface area contributed by atoms with Gasteiger partial charge >= 0.3 is 6.03 Å². The zero-order valence-electron chi connectivity index (χ0n) is 14.4. The molecule has 0 radical (unpaired) electrons. The van der Waals surface area contributed by atoms with Crippen LogP contribution >= 0.6 is 0 Å². The van der Waals surface area contributed by atoms with Gasteiger partial charge in [-0.1, -0.05) is 6.07 Å². The zero-order valence-corrected chi connectivity index (χ0v) is 14.4. The number of carbonyl (C=O) groups is 2. The third kappa shape index (κ3) is 4.53. The molecule has 2 N–H and O–H groups in total. The monoisotopic (exact) mass is 335 g/mol. The van der Waals surface area contributed by atoms with Crippen LogP contribution in [0.3, 0.4) is 0 Å². The Balaban J connectivity index is 1.97. The number of rotatable bonds is 5. The fraction of sp³-hybridized carbons (Fsp3) is 0.529. The molecule has 2 rings (SSSR count). The lowest BCUT2D eigenvalue weighted by Crippen LogP contribution is -2.49. The molecule has 1 aliphatic rings. The fourth-order valence-corrected chi connectivity index (χ4v) is 2.66. The number of urea groups is 1. The van der Waals surface area contributed by atoms with E-state index >= 15 is 0 Å². The number of nitrogens with zero attached hydrogens (tertiary/aromatic N) is 1. The standard InChI is InChI=1S/C17H25N3O4/c1-20(11-12-7-8-14(23-2)15(10-12)24-3)17(22)19-13-6-4-5-9-18-16(13)21/h7-8,10,13H,4-6,9,11H2,1-3H3,(H,18,21)(H,19,22)/t13-/m1/s1. The summed E-state index contributed by atoms with van der Waals surface area (Å²) in [6.45, 7) is 1.08. The normalized spacial score (nSPS) is 17.5. The minimum Gasteiger partial charge on any atom is -0.493 e. The smallest absolute Gasteiger partial charge is 0.318 e. The zero-order chi connectivity index (χ0) is 17.5. The van der Waals surface area contributed by atoms with E-state index in [1.165, 1.54) is 0 Å². The number of amides is 3. The van der Waals surface area contributed by atoms with Crippen molar-refractivity contribution in [1.29, 1.82) is 0 Å². The highest BCUT2D eigenvalue weighted by atomic mass is 16.5. The van der Waals surface area contributed by atoms with Gasteiger partial charge in [-0.25, -0.2) is 4.79 Å². The molecule has 1 heterocycles. The molecule has 1 atom stereocenters. The number of nitrogens with one attached hydrogen (secondary N) is 2. The van der Waals surface area contributed by atoms with Gasteiger partial charge in [0.05, 0.1) is 14.2 Å². The Morgan fingerprint density at radius 3 is 2.75 bits per heavy atom. The van der Waals surface area contributed by atoms with E-state index in [0.717, 1.165) is 18.4 Å². The molecule has 0 spiro atoms. The predicted molar refractivity (Wildman–Crippen MR) is 90.2 cm³/mol. The van der Waals surface area contributed by atoms with Gasteiger partial charge in [0.1, 0.15) is 6.04 Å². The number of methoxy groups -OCH3 is 2. The highest BCUT2D eigenvalue weighted by molar-refractivity contribution is 5.87. The molecule has 1 saturated heterocycles. The second-order valence-corrected chi connectivity index (χ2v) is 5.83. The molecule has 24 heavy (non-hydrogen) atoms. The van der Waals surface area contributed by atoms with Crippen LogP contribution in [-0.2, 0) is 11.3 Å². The second-order valence-electron chi connectivity index (χ2n) is 5.83. The molecular formula is C17H25N3O4. The van der Waals surface area contributed by atoms with Crippen LogP contribution in [0.5, 0.6) is 11.5 Å². The highest BCUT2D eigenvalue weighted by Crippen LogP contribution is 2.27. The van der Waals surface area contributed by atoms with Gasteiger partial charge in [-0.3, -0.25) is 4.79 Å². The highest BCUT2D eigenvalue weighted by Gasteiger charge is 2.23. The summed E-state index contributed by atoms with van der Waals surface area (Å²) in [4.78, 5) is 25.8. The third-order valence-electron chi connectivity index (χ3n) is 4.05. The predicted octanol–water partition coefficient (Wildman–Crippen LogP) is 1.51. The van der Waals surface area contributed by atoms with Crippen molar-refractivity contribution in [2.45, 2.75) is 31.8 Å². The summed E-state index contributed by atoms with van der Waals surface area (Å²) in [7, 11) is 4.85. The minimum atomic E-state index is -0.465. The minimum absolute atomic E-state index is 0.111. The molecule has 1 aliphatic heterocycles. The Bertz CT molecular complexity index is 591. The molecule has 1 fully saturated rings. The van der Waals surface area contributed by atoms with Gasteiger partial charge in [0, 0.05) is 20.1 Å². The third-order valence-corrected chi connectivity index (χ3v) is 4.05. The number of hydrogen-bond donors (Lipinski definition) is 2. The molecule has 3 amide bonds.